The molecule has 0 aliphatic rings. The topological polar surface area (TPSA) is 56.0 Å². The van der Waals surface area contributed by atoms with Crippen molar-refractivity contribution in [3.63, 3.8) is 0 Å². The highest BCUT2D eigenvalue weighted by Crippen LogP contribution is 2.11. The molecule has 1 atom stereocenters. The summed E-state index contributed by atoms with van der Waals surface area (Å²) in [5, 5.41) is 0. The molecule has 0 amide bonds. The molecule has 1 aromatic rings. The number of nitrogens with two attached hydrogens (primary N) is 1. The molecular weight excluding hydrogens is 152 g/mol. The first-order valence-electron chi connectivity index (χ1n) is 3.85. The van der Waals surface area contributed by atoms with Crippen LogP contribution in [0.5, 0.6) is 0 Å². The van der Waals surface area contributed by atoms with Crippen molar-refractivity contribution in [3.8, 4) is 0 Å². The van der Waals surface area contributed by atoms with E-state index in [1.807, 2.05) is 12.1 Å². The Morgan fingerprint density at radius 3 is 2.67 bits per heavy atom. The number of nitrogens with zero attached hydrogens (tertiary/aromatic N) is 1. The molecule has 0 radical (unpaired) electrons. The molecule has 0 spiro atoms. The van der Waals surface area contributed by atoms with Gasteiger partial charge in [0.1, 0.15) is 5.78 Å². The highest BCUT2D eigenvalue weighted by molar-refractivity contribution is 5.76. The zero-order valence-electron chi connectivity index (χ0n) is 7.03. The van der Waals surface area contributed by atoms with Gasteiger partial charge in [-0.05, 0) is 24.6 Å². The first-order valence-corrected chi connectivity index (χ1v) is 3.85. The van der Waals surface area contributed by atoms with Gasteiger partial charge >= 0.3 is 0 Å². The first-order chi connectivity index (χ1) is 5.70. The van der Waals surface area contributed by atoms with Crippen molar-refractivity contribution in [2.45, 2.75) is 19.4 Å². The zero-order chi connectivity index (χ0) is 8.97. The number of aromatic nitrogens is 1. The van der Waals surface area contributed by atoms with Crippen LogP contribution in [0.2, 0.25) is 0 Å². The number of Topliss-reactive ketones (excluding diaryl/α,β-unsaturated/α-hetero) is 1. The standard InChI is InChI=1S/C9H12N2O/c1-7(12)6-9(10)8-2-4-11-5-3-8/h2-5,9H,6,10H2,1H3. The van der Waals surface area contributed by atoms with Gasteiger partial charge in [-0.1, -0.05) is 0 Å². The number of carbonyl (C=O) groups is 1. The van der Waals surface area contributed by atoms with Gasteiger partial charge < -0.3 is 5.73 Å². The van der Waals surface area contributed by atoms with E-state index in [1.54, 1.807) is 19.3 Å². The van der Waals surface area contributed by atoms with E-state index in [4.69, 9.17) is 5.73 Å². The maximum Gasteiger partial charge on any atom is 0.131 e. The fraction of sp³-hybridized carbons (Fsp3) is 0.333. The van der Waals surface area contributed by atoms with Crippen LogP contribution < -0.4 is 5.73 Å². The fourth-order valence-corrected chi connectivity index (χ4v) is 1.04. The van der Waals surface area contributed by atoms with Gasteiger partial charge in [0.25, 0.3) is 0 Å². The van der Waals surface area contributed by atoms with Crippen molar-refractivity contribution in [2.75, 3.05) is 0 Å². The SMILES string of the molecule is CC(=O)CC(N)c1ccncc1. The second-order valence-electron chi connectivity index (χ2n) is 2.79. The minimum absolute atomic E-state index is 0.110. The Labute approximate surface area is 71.6 Å². The quantitative estimate of drug-likeness (QED) is 0.726. The third-order valence-electron chi connectivity index (χ3n) is 1.64. The monoisotopic (exact) mass is 164 g/mol. The molecular formula is C9H12N2O. The number of ketones is 1. The van der Waals surface area contributed by atoms with Gasteiger partial charge in [-0.2, -0.15) is 0 Å². The molecule has 0 aliphatic heterocycles. The molecule has 3 heteroatoms. The van der Waals surface area contributed by atoms with Gasteiger partial charge in [0.2, 0.25) is 0 Å². The van der Waals surface area contributed by atoms with Gasteiger partial charge in [0.15, 0.2) is 0 Å². The lowest BCUT2D eigenvalue weighted by Crippen LogP contribution is -2.13. The van der Waals surface area contributed by atoms with Gasteiger partial charge in [-0.25, -0.2) is 0 Å². The average Bonchev–Trinajstić information content (AvgIpc) is 2.05. The molecule has 0 saturated heterocycles. The van der Waals surface area contributed by atoms with Crippen LogP contribution in [0.15, 0.2) is 24.5 Å². The van der Waals surface area contributed by atoms with E-state index in [9.17, 15) is 4.79 Å². The molecule has 1 rings (SSSR count). The summed E-state index contributed by atoms with van der Waals surface area (Å²) in [5.74, 6) is 0.110. The van der Waals surface area contributed by atoms with Crippen LogP contribution >= 0.6 is 0 Å². The minimum atomic E-state index is -0.189. The zero-order valence-corrected chi connectivity index (χ0v) is 7.03. The Bertz CT molecular complexity index is 258. The maximum atomic E-state index is 10.7. The van der Waals surface area contributed by atoms with Crippen molar-refractivity contribution in [2.24, 2.45) is 5.73 Å². The normalized spacial score (nSPS) is 12.5. The van der Waals surface area contributed by atoms with Gasteiger partial charge in [0.05, 0.1) is 0 Å². The van der Waals surface area contributed by atoms with Crippen LogP contribution in [0.4, 0.5) is 0 Å². The Morgan fingerprint density at radius 2 is 2.17 bits per heavy atom. The molecule has 0 bridgehead atoms. The van der Waals surface area contributed by atoms with Crippen LogP contribution in [-0.2, 0) is 4.79 Å². The van der Waals surface area contributed by atoms with Crippen molar-refractivity contribution >= 4 is 5.78 Å². The van der Waals surface area contributed by atoms with Crippen LogP contribution in [0.3, 0.4) is 0 Å². The lowest BCUT2D eigenvalue weighted by Gasteiger charge is -2.08. The summed E-state index contributed by atoms with van der Waals surface area (Å²) < 4.78 is 0. The third kappa shape index (κ3) is 2.43. The molecule has 0 saturated carbocycles. The molecule has 0 fully saturated rings. The van der Waals surface area contributed by atoms with Gasteiger partial charge in [-0.15, -0.1) is 0 Å². The smallest absolute Gasteiger partial charge is 0.131 e. The van der Waals surface area contributed by atoms with E-state index >= 15 is 0 Å². The van der Waals surface area contributed by atoms with E-state index in [2.05, 4.69) is 4.98 Å². The van der Waals surface area contributed by atoms with E-state index < -0.39 is 0 Å². The molecule has 0 aliphatic carbocycles. The highest BCUT2D eigenvalue weighted by atomic mass is 16.1. The van der Waals surface area contributed by atoms with Crippen LogP contribution in [-0.4, -0.2) is 10.8 Å². The fourth-order valence-electron chi connectivity index (χ4n) is 1.04. The van der Waals surface area contributed by atoms with Gasteiger partial charge in [0, 0.05) is 24.9 Å². The van der Waals surface area contributed by atoms with Crippen LogP contribution in [0.1, 0.15) is 24.9 Å². The summed E-state index contributed by atoms with van der Waals surface area (Å²) in [6.07, 6.45) is 3.74. The Balaban J connectivity index is 2.65. The summed E-state index contributed by atoms with van der Waals surface area (Å²) in [5.41, 5.74) is 6.71. The van der Waals surface area contributed by atoms with E-state index in [0.717, 1.165) is 5.56 Å². The number of hydrogen-bond donors (Lipinski definition) is 1. The molecule has 1 unspecified atom stereocenters. The third-order valence-corrected chi connectivity index (χ3v) is 1.64. The molecule has 0 aromatic carbocycles. The number of hydrogen-bond acceptors (Lipinski definition) is 3. The largest absolute Gasteiger partial charge is 0.324 e. The molecule has 3 nitrogen and oxygen atoms in total. The second kappa shape index (κ2) is 3.97. The number of pyridine rings is 1. The number of rotatable bonds is 3. The highest BCUT2D eigenvalue weighted by Gasteiger charge is 2.06. The number of carbonyl (C=O) groups excluding carboxylic acids is 1. The molecule has 1 aromatic heterocycles. The lowest BCUT2D eigenvalue weighted by atomic mass is 10.0. The first kappa shape index (κ1) is 8.87. The summed E-state index contributed by atoms with van der Waals surface area (Å²) >= 11 is 0. The van der Waals surface area contributed by atoms with Crippen molar-refractivity contribution < 1.29 is 4.79 Å². The lowest BCUT2D eigenvalue weighted by molar-refractivity contribution is -0.117. The molecule has 64 valence electrons. The van der Waals surface area contributed by atoms with E-state index in [-0.39, 0.29) is 11.8 Å². The summed E-state index contributed by atoms with van der Waals surface area (Å²) in [7, 11) is 0. The summed E-state index contributed by atoms with van der Waals surface area (Å²) in [4.78, 5) is 14.6. The van der Waals surface area contributed by atoms with E-state index in [1.165, 1.54) is 0 Å². The molecule has 12 heavy (non-hydrogen) atoms. The summed E-state index contributed by atoms with van der Waals surface area (Å²) in [6.45, 7) is 1.54. The predicted octanol–water partition coefficient (Wildman–Crippen LogP) is 1.06. The van der Waals surface area contributed by atoms with E-state index in [0.29, 0.717) is 6.42 Å². The molecule has 2 N–H and O–H groups in total. The Kier molecular flexibility index (Phi) is 2.94. The van der Waals surface area contributed by atoms with Crippen molar-refractivity contribution in [3.05, 3.63) is 30.1 Å². The molecule has 1 heterocycles. The Hall–Kier alpha value is -1.22. The summed E-state index contributed by atoms with van der Waals surface area (Å²) in [6, 6.07) is 3.46. The van der Waals surface area contributed by atoms with Crippen LogP contribution in [0, 0.1) is 0 Å². The Morgan fingerprint density at radius 1 is 1.58 bits per heavy atom. The minimum Gasteiger partial charge on any atom is -0.324 e. The predicted molar refractivity (Wildman–Crippen MR) is 46.5 cm³/mol. The van der Waals surface area contributed by atoms with Gasteiger partial charge in [-0.3, -0.25) is 9.78 Å². The average molecular weight is 164 g/mol. The van der Waals surface area contributed by atoms with Crippen LogP contribution in [0.25, 0.3) is 0 Å². The maximum absolute atomic E-state index is 10.7. The van der Waals surface area contributed by atoms with Crippen molar-refractivity contribution in [1.29, 1.82) is 0 Å². The van der Waals surface area contributed by atoms with Crippen molar-refractivity contribution in [1.82, 2.24) is 4.98 Å². The second-order valence-corrected chi connectivity index (χ2v) is 2.79.